The zero-order chi connectivity index (χ0) is 19.7. The molecule has 0 unspecified atom stereocenters. The average Bonchev–Trinajstić information content (AvgIpc) is 2.75. The van der Waals surface area contributed by atoms with Crippen LogP contribution in [-0.2, 0) is 0 Å². The summed E-state index contributed by atoms with van der Waals surface area (Å²) >= 11 is 3.58. The molecule has 0 saturated heterocycles. The van der Waals surface area contributed by atoms with Crippen molar-refractivity contribution < 1.29 is 9.59 Å². The van der Waals surface area contributed by atoms with Crippen molar-refractivity contribution in [2.24, 2.45) is 0 Å². The predicted molar refractivity (Wildman–Crippen MR) is 120 cm³/mol. The van der Waals surface area contributed by atoms with E-state index in [1.165, 1.54) is 0 Å². The Morgan fingerprint density at radius 2 is 1.10 bits per heavy atom. The molecule has 0 amide bonds. The summed E-state index contributed by atoms with van der Waals surface area (Å²) in [6, 6.07) is 23.7. The highest BCUT2D eigenvalue weighted by molar-refractivity contribution is 9.12. The van der Waals surface area contributed by atoms with Gasteiger partial charge in [0.15, 0.2) is 5.78 Å². The van der Waals surface area contributed by atoms with Gasteiger partial charge < -0.3 is 0 Å². The van der Waals surface area contributed by atoms with Gasteiger partial charge in [-0.15, -0.1) is 0 Å². The van der Waals surface area contributed by atoms with E-state index >= 15 is 0 Å². The molecule has 6 rings (SSSR count). The molecule has 4 aromatic carbocycles. The van der Waals surface area contributed by atoms with Crippen molar-refractivity contribution >= 4 is 60.2 Å². The highest BCUT2D eigenvalue weighted by Crippen LogP contribution is 2.47. The van der Waals surface area contributed by atoms with Gasteiger partial charge in [0, 0.05) is 27.5 Å². The lowest BCUT2D eigenvalue weighted by Gasteiger charge is -2.25. The molecule has 0 radical (unpaired) electrons. The maximum absolute atomic E-state index is 13.2. The third-order valence-electron chi connectivity index (χ3n) is 5.84. The first kappa shape index (κ1) is 16.6. The van der Waals surface area contributed by atoms with Crippen molar-refractivity contribution in [3.05, 3.63) is 106 Å². The first-order valence-electron chi connectivity index (χ1n) is 9.40. The van der Waals surface area contributed by atoms with E-state index < -0.39 is 0 Å². The van der Waals surface area contributed by atoms with Crippen molar-refractivity contribution in [1.29, 1.82) is 0 Å². The first-order chi connectivity index (χ1) is 14.1. The zero-order valence-corrected chi connectivity index (χ0v) is 16.8. The number of carbonyl (C=O) groups excluding carboxylic acids is 2. The number of halogens is 1. The largest absolute Gasteiger partial charge is 0.289 e. The van der Waals surface area contributed by atoms with E-state index in [9.17, 15) is 9.59 Å². The number of ketones is 2. The summed E-state index contributed by atoms with van der Waals surface area (Å²) in [4.78, 5) is 26.2. The molecule has 0 fully saturated rings. The van der Waals surface area contributed by atoms with Crippen LogP contribution in [0.3, 0.4) is 0 Å². The maximum Gasteiger partial charge on any atom is 0.201 e. The maximum atomic E-state index is 13.2. The highest BCUT2D eigenvalue weighted by Gasteiger charge is 2.31. The smallest absolute Gasteiger partial charge is 0.201 e. The SMILES string of the molecule is O=C1C=C(C2=C(Br)C(=O)c3cccc4cccc2c34)c2cccc3cccc1c23. The molecule has 2 aliphatic rings. The van der Waals surface area contributed by atoms with Crippen LogP contribution in [0.25, 0.3) is 32.7 Å². The number of Topliss-reactive ketones (excluding diaryl/α,β-unsaturated/α-hetero) is 1. The van der Waals surface area contributed by atoms with Gasteiger partial charge in [-0.1, -0.05) is 72.8 Å². The van der Waals surface area contributed by atoms with E-state index in [0.717, 1.165) is 43.8 Å². The molecule has 0 aliphatic heterocycles. The molecule has 0 bridgehead atoms. The van der Waals surface area contributed by atoms with Crippen LogP contribution >= 0.6 is 15.9 Å². The Bertz CT molecular complexity index is 1480. The molecule has 0 aromatic heterocycles. The Kier molecular flexibility index (Phi) is 3.36. The number of hydrogen-bond donors (Lipinski definition) is 0. The van der Waals surface area contributed by atoms with Crippen LogP contribution < -0.4 is 0 Å². The molecule has 29 heavy (non-hydrogen) atoms. The summed E-state index contributed by atoms with van der Waals surface area (Å²) in [5.41, 5.74) is 4.93. The summed E-state index contributed by atoms with van der Waals surface area (Å²) < 4.78 is 0.499. The van der Waals surface area contributed by atoms with Crippen molar-refractivity contribution in [3.63, 3.8) is 0 Å². The van der Waals surface area contributed by atoms with Gasteiger partial charge in [-0.2, -0.15) is 0 Å². The second kappa shape index (κ2) is 5.85. The Hall–Kier alpha value is -3.30. The Labute approximate surface area is 175 Å². The van der Waals surface area contributed by atoms with Crippen LogP contribution in [-0.4, -0.2) is 11.6 Å². The lowest BCUT2D eigenvalue weighted by Crippen LogP contribution is -2.13. The van der Waals surface area contributed by atoms with E-state index in [1.54, 1.807) is 6.08 Å². The zero-order valence-electron chi connectivity index (χ0n) is 15.2. The normalized spacial score (nSPS) is 15.3. The second-order valence-electron chi connectivity index (χ2n) is 7.36. The lowest BCUT2D eigenvalue weighted by molar-refractivity contribution is 0.103. The molecule has 3 heteroatoms. The Morgan fingerprint density at radius 3 is 1.76 bits per heavy atom. The van der Waals surface area contributed by atoms with E-state index in [1.807, 2.05) is 72.8 Å². The number of carbonyl (C=O) groups is 2. The fourth-order valence-corrected chi connectivity index (χ4v) is 5.26. The molecule has 2 nitrogen and oxygen atoms in total. The van der Waals surface area contributed by atoms with E-state index in [-0.39, 0.29) is 11.6 Å². The van der Waals surface area contributed by atoms with Crippen LogP contribution in [0.15, 0.2) is 83.4 Å². The average molecular weight is 437 g/mol. The topological polar surface area (TPSA) is 34.1 Å². The fraction of sp³-hybridized carbons (Fsp3) is 0. The predicted octanol–water partition coefficient (Wildman–Crippen LogP) is 6.58. The van der Waals surface area contributed by atoms with Crippen LogP contribution in [0.2, 0.25) is 0 Å². The number of allylic oxidation sites excluding steroid dienone is 4. The quantitative estimate of drug-likeness (QED) is 0.337. The monoisotopic (exact) mass is 436 g/mol. The van der Waals surface area contributed by atoms with Crippen molar-refractivity contribution in [2.45, 2.75) is 0 Å². The molecule has 0 heterocycles. The molecular formula is C26H13BrO2. The molecule has 2 aliphatic carbocycles. The van der Waals surface area contributed by atoms with Crippen LogP contribution in [0.5, 0.6) is 0 Å². The van der Waals surface area contributed by atoms with Gasteiger partial charge in [-0.05, 0) is 49.5 Å². The standard InChI is InChI=1S/C26H13BrO2/c27-25-24(18-11-3-7-15-8-4-12-19(23(15)18)26(25)29)20-13-21(28)17-10-2-6-14-5-1-9-16(20)22(14)17/h1-13H. The van der Waals surface area contributed by atoms with Crippen LogP contribution in [0.1, 0.15) is 31.8 Å². The van der Waals surface area contributed by atoms with Crippen LogP contribution in [0, 0.1) is 0 Å². The van der Waals surface area contributed by atoms with Gasteiger partial charge in [-0.3, -0.25) is 9.59 Å². The number of benzene rings is 4. The molecule has 0 spiro atoms. The van der Waals surface area contributed by atoms with Crippen molar-refractivity contribution in [3.8, 4) is 0 Å². The molecule has 136 valence electrons. The van der Waals surface area contributed by atoms with Gasteiger partial charge >= 0.3 is 0 Å². The van der Waals surface area contributed by atoms with E-state index in [0.29, 0.717) is 15.6 Å². The summed E-state index contributed by atoms with van der Waals surface area (Å²) in [7, 11) is 0. The first-order valence-corrected chi connectivity index (χ1v) is 10.2. The van der Waals surface area contributed by atoms with Crippen molar-refractivity contribution in [1.82, 2.24) is 0 Å². The lowest BCUT2D eigenvalue weighted by atomic mass is 9.78. The van der Waals surface area contributed by atoms with E-state index in [4.69, 9.17) is 0 Å². The molecular weight excluding hydrogens is 424 g/mol. The van der Waals surface area contributed by atoms with Gasteiger partial charge in [0.25, 0.3) is 0 Å². The third-order valence-corrected chi connectivity index (χ3v) is 6.60. The summed E-state index contributed by atoms with van der Waals surface area (Å²) in [6.07, 6.45) is 1.67. The minimum atomic E-state index is -0.0521. The second-order valence-corrected chi connectivity index (χ2v) is 8.15. The highest BCUT2D eigenvalue weighted by atomic mass is 79.9. The van der Waals surface area contributed by atoms with Gasteiger partial charge in [0.2, 0.25) is 5.78 Å². The van der Waals surface area contributed by atoms with Crippen LogP contribution in [0.4, 0.5) is 0 Å². The Morgan fingerprint density at radius 1 is 0.586 bits per heavy atom. The molecule has 0 N–H and O–H groups in total. The summed E-state index contributed by atoms with van der Waals surface area (Å²) in [5, 5.41) is 3.94. The van der Waals surface area contributed by atoms with Gasteiger partial charge in [0.1, 0.15) is 0 Å². The minimum absolute atomic E-state index is 0.0319. The number of rotatable bonds is 1. The van der Waals surface area contributed by atoms with Crippen molar-refractivity contribution in [2.75, 3.05) is 0 Å². The molecule has 0 saturated carbocycles. The fourth-order valence-electron chi connectivity index (χ4n) is 4.62. The van der Waals surface area contributed by atoms with Gasteiger partial charge in [0.05, 0.1) is 4.48 Å². The van der Waals surface area contributed by atoms with E-state index in [2.05, 4.69) is 15.9 Å². The Balaban J connectivity index is 1.73. The number of hydrogen-bond acceptors (Lipinski definition) is 2. The van der Waals surface area contributed by atoms with Gasteiger partial charge in [-0.25, -0.2) is 0 Å². The summed E-state index contributed by atoms with van der Waals surface area (Å²) in [6.45, 7) is 0. The molecule has 0 atom stereocenters. The molecule has 4 aromatic rings. The summed E-state index contributed by atoms with van der Waals surface area (Å²) in [5.74, 6) is -0.0840. The third kappa shape index (κ3) is 2.16. The minimum Gasteiger partial charge on any atom is -0.289 e.